The summed E-state index contributed by atoms with van der Waals surface area (Å²) in [5, 5.41) is -0.264. The molecule has 1 aliphatic rings. The number of rotatable bonds is 5. The van der Waals surface area contributed by atoms with Crippen molar-refractivity contribution in [2.75, 3.05) is 21.0 Å². The summed E-state index contributed by atoms with van der Waals surface area (Å²) < 4.78 is 32.4. The molecule has 0 aliphatic carbocycles. The minimum atomic E-state index is -4.68. The second-order valence-corrected chi connectivity index (χ2v) is 6.76. The molecular weight excluding hydrogens is 370 g/mol. The van der Waals surface area contributed by atoms with Crippen LogP contribution in [0.25, 0.3) is 12.2 Å². The van der Waals surface area contributed by atoms with Crippen LogP contribution < -0.4 is 58.7 Å². The van der Waals surface area contributed by atoms with E-state index in [0.29, 0.717) is 22.8 Å². The van der Waals surface area contributed by atoms with Gasteiger partial charge in [-0.05, 0) is 35.4 Å². The van der Waals surface area contributed by atoms with Crippen molar-refractivity contribution in [3.63, 3.8) is 0 Å². The summed E-state index contributed by atoms with van der Waals surface area (Å²) in [6.07, 6.45) is 3.47. The summed E-state index contributed by atoms with van der Waals surface area (Å²) in [4.78, 5) is 20.8. The van der Waals surface area contributed by atoms with Crippen molar-refractivity contribution in [2.24, 2.45) is 0 Å². The van der Waals surface area contributed by atoms with Crippen LogP contribution in [0.5, 0.6) is 23.0 Å². The molecule has 0 saturated carbocycles. The van der Waals surface area contributed by atoms with Gasteiger partial charge in [-0.25, -0.2) is 0 Å². The van der Waals surface area contributed by atoms with Crippen molar-refractivity contribution in [1.82, 2.24) is 0 Å². The van der Waals surface area contributed by atoms with E-state index in [1.165, 1.54) is 26.4 Å². The quantitative estimate of drug-likeness (QED) is 0.391. The van der Waals surface area contributed by atoms with Gasteiger partial charge in [0.15, 0.2) is 19.1 Å². The Kier molecular flexibility index (Phi) is 6.80. The Bertz CT molecular complexity index is 876. The molecular formula is C17H16NaO7P. The maximum Gasteiger partial charge on any atom is 1.00 e. The number of ether oxygens (including phenoxy) is 4. The molecule has 0 spiro atoms. The van der Waals surface area contributed by atoms with E-state index in [-0.39, 0.29) is 47.4 Å². The van der Waals surface area contributed by atoms with E-state index >= 15 is 0 Å². The van der Waals surface area contributed by atoms with Gasteiger partial charge < -0.3 is 33.3 Å². The van der Waals surface area contributed by atoms with E-state index in [1.54, 1.807) is 30.4 Å². The van der Waals surface area contributed by atoms with Gasteiger partial charge in [0.2, 0.25) is 12.5 Å². The Hall–Kier alpha value is -1.47. The van der Waals surface area contributed by atoms with E-state index in [4.69, 9.17) is 18.9 Å². The fourth-order valence-corrected chi connectivity index (χ4v) is 3.23. The number of hydrogen-bond donors (Lipinski definition) is 1. The summed E-state index contributed by atoms with van der Waals surface area (Å²) in [7, 11) is -1.81. The van der Waals surface area contributed by atoms with Gasteiger partial charge in [-0.3, -0.25) is 0 Å². The minimum absolute atomic E-state index is 0. The number of hydrogen-bond acceptors (Lipinski definition) is 6. The molecule has 1 N–H and O–H groups in total. The van der Waals surface area contributed by atoms with Crippen molar-refractivity contribution in [2.45, 2.75) is 0 Å². The molecule has 0 radical (unpaired) electrons. The third kappa shape index (κ3) is 4.43. The van der Waals surface area contributed by atoms with Gasteiger partial charge in [-0.1, -0.05) is 18.2 Å². The first-order valence-corrected chi connectivity index (χ1v) is 8.88. The molecule has 0 amide bonds. The SMILES string of the molecule is COc1ccc(/C=C/c2cc(OC)c3c(c2)OCO3)cc1P(=O)([O-])O.[Na+]. The first-order chi connectivity index (χ1) is 11.9. The summed E-state index contributed by atoms with van der Waals surface area (Å²) in [6.45, 7) is 0.135. The summed E-state index contributed by atoms with van der Waals surface area (Å²) in [5.41, 5.74) is 1.37. The van der Waals surface area contributed by atoms with Crippen molar-refractivity contribution < 1.29 is 62.9 Å². The maximum absolute atomic E-state index is 11.5. The zero-order valence-electron chi connectivity index (χ0n) is 14.6. The van der Waals surface area contributed by atoms with E-state index in [1.807, 2.05) is 0 Å². The van der Waals surface area contributed by atoms with Crippen molar-refractivity contribution in [1.29, 1.82) is 0 Å². The van der Waals surface area contributed by atoms with Crippen LogP contribution in [0.15, 0.2) is 30.3 Å². The maximum atomic E-state index is 11.5. The Morgan fingerprint density at radius 1 is 1.08 bits per heavy atom. The van der Waals surface area contributed by atoms with Gasteiger partial charge in [0.1, 0.15) is 5.75 Å². The second-order valence-electron chi connectivity index (χ2n) is 5.24. The topological polar surface area (TPSA) is 97.3 Å². The Morgan fingerprint density at radius 3 is 2.42 bits per heavy atom. The Morgan fingerprint density at radius 2 is 1.77 bits per heavy atom. The van der Waals surface area contributed by atoms with Crippen LogP contribution in [0.2, 0.25) is 0 Å². The fourth-order valence-electron chi connectivity index (χ4n) is 2.47. The molecule has 9 heteroatoms. The zero-order valence-corrected chi connectivity index (χ0v) is 17.5. The molecule has 26 heavy (non-hydrogen) atoms. The molecule has 0 bridgehead atoms. The summed E-state index contributed by atoms with van der Waals surface area (Å²) in [6, 6.07) is 8.07. The minimum Gasteiger partial charge on any atom is -0.775 e. The van der Waals surface area contributed by atoms with Crippen molar-refractivity contribution in [3.05, 3.63) is 41.5 Å². The predicted molar refractivity (Wildman–Crippen MR) is 90.5 cm³/mol. The molecule has 1 heterocycles. The van der Waals surface area contributed by atoms with Gasteiger partial charge in [-0.2, -0.15) is 0 Å². The zero-order chi connectivity index (χ0) is 18.0. The molecule has 1 atom stereocenters. The van der Waals surface area contributed by atoms with Gasteiger partial charge in [0.25, 0.3) is 0 Å². The van der Waals surface area contributed by atoms with Crippen LogP contribution in [0.1, 0.15) is 11.1 Å². The average molecular weight is 386 g/mol. The number of benzene rings is 2. The summed E-state index contributed by atoms with van der Waals surface area (Å²) in [5.74, 6) is 1.76. The molecule has 1 unspecified atom stereocenters. The molecule has 2 aromatic rings. The van der Waals surface area contributed by atoms with Gasteiger partial charge in [-0.15, -0.1) is 0 Å². The van der Waals surface area contributed by atoms with Crippen LogP contribution in [-0.4, -0.2) is 25.9 Å². The van der Waals surface area contributed by atoms with Crippen LogP contribution in [0.4, 0.5) is 0 Å². The molecule has 0 aromatic heterocycles. The molecule has 3 rings (SSSR count). The van der Waals surface area contributed by atoms with E-state index in [9.17, 15) is 14.4 Å². The fraction of sp³-hybridized carbons (Fsp3) is 0.176. The third-order valence-electron chi connectivity index (χ3n) is 3.66. The molecule has 1 aliphatic heterocycles. The number of fused-ring (bicyclic) bond motifs is 1. The largest absolute Gasteiger partial charge is 1.00 e. The standard InChI is InChI=1S/C17H17O7P.Na/c1-21-13-6-5-11(9-16(13)25(18,19)20)3-4-12-7-14(22-2)17-15(8-12)23-10-24-17;/h3-9H,10H2,1-2H3,(H2,18,19,20);/q;+1/p-1/b4-3+;. The second kappa shape index (κ2) is 8.48. The Balaban J connectivity index is 0.00000243. The van der Waals surface area contributed by atoms with Gasteiger partial charge >= 0.3 is 29.6 Å². The van der Waals surface area contributed by atoms with Gasteiger partial charge in [0, 0.05) is 0 Å². The smallest absolute Gasteiger partial charge is 0.775 e. The van der Waals surface area contributed by atoms with Crippen LogP contribution >= 0.6 is 7.60 Å². The van der Waals surface area contributed by atoms with Crippen LogP contribution in [-0.2, 0) is 4.57 Å². The molecule has 132 valence electrons. The van der Waals surface area contributed by atoms with Crippen LogP contribution in [0.3, 0.4) is 0 Å². The Labute approximate surface area is 173 Å². The number of methoxy groups -OCH3 is 2. The van der Waals surface area contributed by atoms with Gasteiger partial charge in [0.05, 0.1) is 19.5 Å². The molecule has 0 fully saturated rings. The molecule has 0 saturated heterocycles. The van der Waals surface area contributed by atoms with Crippen LogP contribution in [0, 0.1) is 0 Å². The first kappa shape index (κ1) is 20.8. The third-order valence-corrected chi connectivity index (χ3v) is 4.61. The average Bonchev–Trinajstić information content (AvgIpc) is 3.06. The van der Waals surface area contributed by atoms with E-state index in [2.05, 4.69) is 0 Å². The molecule has 7 nitrogen and oxygen atoms in total. The summed E-state index contributed by atoms with van der Waals surface area (Å²) >= 11 is 0. The van der Waals surface area contributed by atoms with E-state index in [0.717, 1.165) is 5.56 Å². The van der Waals surface area contributed by atoms with E-state index < -0.39 is 7.60 Å². The predicted octanol–water partition coefficient (Wildman–Crippen LogP) is -1.22. The van der Waals surface area contributed by atoms with Crippen molar-refractivity contribution in [3.8, 4) is 23.0 Å². The molecule has 2 aromatic carbocycles. The monoisotopic (exact) mass is 386 g/mol. The van der Waals surface area contributed by atoms with Crippen molar-refractivity contribution >= 4 is 25.1 Å². The first-order valence-electron chi connectivity index (χ1n) is 7.30. The normalized spacial score (nSPS) is 14.6.